The molecular formula is C15H22N8O2. The number of aromatic nitrogens is 5. The number of amides is 3. The van der Waals surface area contributed by atoms with Gasteiger partial charge in [-0.25, -0.2) is 4.79 Å². The molecule has 1 saturated heterocycles. The zero-order valence-electron chi connectivity index (χ0n) is 14.1. The Kier molecular flexibility index (Phi) is 4.96. The predicted octanol–water partition coefficient (Wildman–Crippen LogP) is -0.566. The van der Waals surface area contributed by atoms with Crippen LogP contribution in [0.15, 0.2) is 18.5 Å². The van der Waals surface area contributed by atoms with Crippen molar-refractivity contribution in [1.29, 1.82) is 0 Å². The standard InChI is InChI=1S/C15H22N8O2/c1-21-12(10-23-7-3-5-18-23)19-20-14(21)11-4-2-6-22(9-11)13(24)8-17-15(16)25/h3,5,7,11H,2,4,6,8-10H2,1H3,(H3,16,17,25). The van der Waals surface area contributed by atoms with Gasteiger partial charge in [-0.05, 0) is 18.9 Å². The topological polar surface area (TPSA) is 124 Å². The Morgan fingerprint density at radius 3 is 2.96 bits per heavy atom. The van der Waals surface area contributed by atoms with E-state index in [2.05, 4.69) is 20.6 Å². The van der Waals surface area contributed by atoms with E-state index < -0.39 is 6.03 Å². The molecule has 1 aliphatic heterocycles. The molecule has 3 heterocycles. The number of nitrogens with zero attached hydrogens (tertiary/aromatic N) is 6. The normalized spacial score (nSPS) is 17.5. The van der Waals surface area contributed by atoms with E-state index in [1.807, 2.05) is 23.9 Å². The van der Waals surface area contributed by atoms with E-state index in [1.54, 1.807) is 15.8 Å². The van der Waals surface area contributed by atoms with Gasteiger partial charge in [0, 0.05) is 38.4 Å². The van der Waals surface area contributed by atoms with Crippen LogP contribution in [0.4, 0.5) is 4.79 Å². The third-order valence-corrected chi connectivity index (χ3v) is 4.41. The van der Waals surface area contributed by atoms with Crippen LogP contribution < -0.4 is 11.1 Å². The van der Waals surface area contributed by atoms with E-state index >= 15 is 0 Å². The molecule has 0 bridgehead atoms. The Morgan fingerprint density at radius 1 is 1.40 bits per heavy atom. The van der Waals surface area contributed by atoms with Crippen molar-refractivity contribution in [3.63, 3.8) is 0 Å². The molecule has 1 aliphatic rings. The third-order valence-electron chi connectivity index (χ3n) is 4.41. The summed E-state index contributed by atoms with van der Waals surface area (Å²) in [6.07, 6.45) is 5.43. The van der Waals surface area contributed by atoms with Crippen LogP contribution in [0.1, 0.15) is 30.4 Å². The quantitative estimate of drug-likeness (QED) is 0.750. The van der Waals surface area contributed by atoms with E-state index in [-0.39, 0.29) is 18.4 Å². The van der Waals surface area contributed by atoms with Gasteiger partial charge in [0.1, 0.15) is 12.4 Å². The van der Waals surface area contributed by atoms with Gasteiger partial charge in [-0.1, -0.05) is 0 Å². The minimum Gasteiger partial charge on any atom is -0.352 e. The van der Waals surface area contributed by atoms with Crippen molar-refractivity contribution in [2.75, 3.05) is 19.6 Å². The van der Waals surface area contributed by atoms with Crippen LogP contribution in [0.25, 0.3) is 0 Å². The molecule has 0 aromatic carbocycles. The van der Waals surface area contributed by atoms with E-state index in [0.717, 1.165) is 24.5 Å². The van der Waals surface area contributed by atoms with Gasteiger partial charge in [-0.15, -0.1) is 10.2 Å². The number of carbonyl (C=O) groups excluding carboxylic acids is 2. The molecule has 0 saturated carbocycles. The molecule has 0 spiro atoms. The third kappa shape index (κ3) is 3.95. The van der Waals surface area contributed by atoms with Crippen LogP contribution in [-0.4, -0.2) is 61.0 Å². The summed E-state index contributed by atoms with van der Waals surface area (Å²) in [6.45, 7) is 1.71. The Bertz CT molecular complexity index is 739. The van der Waals surface area contributed by atoms with Crippen LogP contribution in [0.2, 0.25) is 0 Å². The molecule has 3 N–H and O–H groups in total. The summed E-state index contributed by atoms with van der Waals surface area (Å²) in [5.74, 6) is 1.66. The van der Waals surface area contributed by atoms with Gasteiger partial charge < -0.3 is 20.5 Å². The van der Waals surface area contributed by atoms with Crippen LogP contribution in [0.5, 0.6) is 0 Å². The van der Waals surface area contributed by atoms with Crippen LogP contribution in [0, 0.1) is 0 Å². The number of primary amides is 1. The minimum atomic E-state index is -0.696. The molecule has 25 heavy (non-hydrogen) atoms. The number of urea groups is 1. The van der Waals surface area contributed by atoms with Crippen molar-refractivity contribution in [1.82, 2.24) is 34.8 Å². The first-order valence-corrected chi connectivity index (χ1v) is 8.21. The maximum Gasteiger partial charge on any atom is 0.312 e. The van der Waals surface area contributed by atoms with Crippen LogP contribution in [0.3, 0.4) is 0 Å². The summed E-state index contributed by atoms with van der Waals surface area (Å²) in [5, 5.41) is 15.1. The molecule has 2 aromatic rings. The second kappa shape index (κ2) is 7.32. The lowest BCUT2D eigenvalue weighted by atomic mass is 9.97. The van der Waals surface area contributed by atoms with Gasteiger partial charge in [0.25, 0.3) is 0 Å². The van der Waals surface area contributed by atoms with Crippen molar-refractivity contribution in [2.45, 2.75) is 25.3 Å². The number of carbonyl (C=O) groups is 2. The first-order chi connectivity index (χ1) is 12.0. The molecule has 10 heteroatoms. The Hall–Kier alpha value is -2.91. The lowest BCUT2D eigenvalue weighted by molar-refractivity contribution is -0.131. The lowest BCUT2D eigenvalue weighted by Gasteiger charge is -2.32. The first kappa shape index (κ1) is 16.9. The fraction of sp³-hybridized carbons (Fsp3) is 0.533. The maximum absolute atomic E-state index is 12.2. The minimum absolute atomic E-state index is 0.0780. The zero-order valence-corrected chi connectivity index (χ0v) is 14.1. The van der Waals surface area contributed by atoms with Crippen molar-refractivity contribution in [3.8, 4) is 0 Å². The van der Waals surface area contributed by atoms with Crippen molar-refractivity contribution in [3.05, 3.63) is 30.1 Å². The molecular weight excluding hydrogens is 324 g/mol. The average Bonchev–Trinajstić information content (AvgIpc) is 3.24. The fourth-order valence-electron chi connectivity index (χ4n) is 3.10. The molecule has 10 nitrogen and oxygen atoms in total. The number of likely N-dealkylation sites (tertiary alicyclic amines) is 1. The van der Waals surface area contributed by atoms with Crippen molar-refractivity contribution in [2.24, 2.45) is 12.8 Å². The van der Waals surface area contributed by atoms with E-state index in [9.17, 15) is 9.59 Å². The van der Waals surface area contributed by atoms with Gasteiger partial charge in [-0.3, -0.25) is 9.48 Å². The number of nitrogens with one attached hydrogen (secondary N) is 1. The summed E-state index contributed by atoms with van der Waals surface area (Å²) in [4.78, 5) is 24.7. The predicted molar refractivity (Wildman–Crippen MR) is 88.5 cm³/mol. The molecule has 3 amide bonds. The summed E-state index contributed by atoms with van der Waals surface area (Å²) >= 11 is 0. The van der Waals surface area contributed by atoms with Crippen LogP contribution >= 0.6 is 0 Å². The van der Waals surface area contributed by atoms with Gasteiger partial charge in [0.05, 0.1) is 6.54 Å². The molecule has 134 valence electrons. The van der Waals surface area contributed by atoms with Crippen molar-refractivity contribution < 1.29 is 9.59 Å². The molecule has 1 fully saturated rings. The number of hydrogen-bond donors (Lipinski definition) is 2. The van der Waals surface area contributed by atoms with E-state index in [4.69, 9.17) is 5.73 Å². The molecule has 3 rings (SSSR count). The van der Waals surface area contributed by atoms with Crippen molar-refractivity contribution >= 4 is 11.9 Å². The fourth-order valence-corrected chi connectivity index (χ4v) is 3.10. The second-order valence-electron chi connectivity index (χ2n) is 6.13. The van der Waals surface area contributed by atoms with Gasteiger partial charge in [0.2, 0.25) is 5.91 Å². The highest BCUT2D eigenvalue weighted by atomic mass is 16.2. The largest absolute Gasteiger partial charge is 0.352 e. The van der Waals surface area contributed by atoms with Gasteiger partial charge in [0.15, 0.2) is 5.82 Å². The number of rotatable bonds is 5. The smallest absolute Gasteiger partial charge is 0.312 e. The summed E-state index contributed by atoms with van der Waals surface area (Å²) in [5.41, 5.74) is 5.02. The Balaban J connectivity index is 1.66. The number of hydrogen-bond acceptors (Lipinski definition) is 5. The van der Waals surface area contributed by atoms with Gasteiger partial charge in [-0.2, -0.15) is 5.10 Å². The van der Waals surface area contributed by atoms with E-state index in [1.165, 1.54) is 0 Å². The highest BCUT2D eigenvalue weighted by Gasteiger charge is 2.28. The highest BCUT2D eigenvalue weighted by Crippen LogP contribution is 2.25. The zero-order chi connectivity index (χ0) is 17.8. The number of nitrogens with two attached hydrogens (primary N) is 1. The summed E-state index contributed by atoms with van der Waals surface area (Å²) < 4.78 is 3.77. The van der Waals surface area contributed by atoms with E-state index in [0.29, 0.717) is 19.6 Å². The summed E-state index contributed by atoms with van der Waals surface area (Å²) in [6, 6.07) is 1.17. The summed E-state index contributed by atoms with van der Waals surface area (Å²) in [7, 11) is 1.93. The second-order valence-corrected chi connectivity index (χ2v) is 6.13. The Morgan fingerprint density at radius 2 is 2.24 bits per heavy atom. The Labute approximate surface area is 145 Å². The molecule has 0 radical (unpaired) electrons. The molecule has 1 unspecified atom stereocenters. The monoisotopic (exact) mass is 346 g/mol. The molecule has 2 aromatic heterocycles. The highest BCUT2D eigenvalue weighted by molar-refractivity contribution is 5.83. The lowest BCUT2D eigenvalue weighted by Crippen LogP contribution is -2.45. The van der Waals surface area contributed by atoms with Gasteiger partial charge >= 0.3 is 6.03 Å². The maximum atomic E-state index is 12.2. The number of piperidine rings is 1. The SMILES string of the molecule is Cn1c(Cn2cccn2)nnc1C1CCCN(C(=O)CNC(N)=O)C1. The first-order valence-electron chi connectivity index (χ1n) is 8.21. The average molecular weight is 346 g/mol. The van der Waals surface area contributed by atoms with Crippen LogP contribution in [-0.2, 0) is 18.4 Å². The molecule has 1 atom stereocenters. The molecule has 0 aliphatic carbocycles.